The van der Waals surface area contributed by atoms with Crippen molar-refractivity contribution in [2.24, 2.45) is 5.41 Å². The van der Waals surface area contributed by atoms with Crippen LogP contribution in [0.5, 0.6) is 5.75 Å². The third-order valence-electron chi connectivity index (χ3n) is 2.38. The summed E-state index contributed by atoms with van der Waals surface area (Å²) < 4.78 is 5.13. The zero-order valence-corrected chi connectivity index (χ0v) is 10.8. The molecule has 0 aliphatic rings. The summed E-state index contributed by atoms with van der Waals surface area (Å²) in [6, 6.07) is 8.29. The molecule has 0 unspecified atom stereocenters. The summed E-state index contributed by atoms with van der Waals surface area (Å²) in [5.41, 5.74) is 1.65. The summed E-state index contributed by atoms with van der Waals surface area (Å²) in [6.45, 7) is 6.66. The van der Waals surface area contributed by atoms with Crippen molar-refractivity contribution >= 4 is 0 Å². The van der Waals surface area contributed by atoms with E-state index in [4.69, 9.17) is 4.74 Å². The maximum absolute atomic E-state index is 5.13. The first kappa shape index (κ1) is 12.8. The summed E-state index contributed by atoms with van der Waals surface area (Å²) in [7, 11) is 1.70. The van der Waals surface area contributed by atoms with Crippen LogP contribution in [-0.4, -0.2) is 7.11 Å². The largest absolute Gasteiger partial charge is 0.497 e. The molecule has 0 fully saturated rings. The maximum atomic E-state index is 5.13. The Labute approximate surface area is 99.1 Å². The van der Waals surface area contributed by atoms with Crippen molar-refractivity contribution in [3.63, 3.8) is 0 Å². The van der Waals surface area contributed by atoms with E-state index in [0.717, 1.165) is 18.6 Å². The Morgan fingerprint density at radius 1 is 1.12 bits per heavy atom. The lowest BCUT2D eigenvalue weighted by molar-refractivity contribution is 0.414. The quantitative estimate of drug-likeness (QED) is 0.687. The Bertz CT molecular complexity index is 327. The summed E-state index contributed by atoms with van der Waals surface area (Å²) in [5.74, 6) is 0.925. The van der Waals surface area contributed by atoms with E-state index in [0.29, 0.717) is 5.41 Å². The molecule has 1 rings (SSSR count). The molecule has 1 aromatic rings. The molecule has 0 aromatic heterocycles. The van der Waals surface area contributed by atoms with Crippen LogP contribution in [0.15, 0.2) is 36.4 Å². The topological polar surface area (TPSA) is 9.23 Å². The monoisotopic (exact) mass is 218 g/mol. The van der Waals surface area contributed by atoms with Crippen LogP contribution < -0.4 is 4.74 Å². The summed E-state index contributed by atoms with van der Waals surface area (Å²) in [5, 5.41) is 0. The third kappa shape index (κ3) is 5.01. The molecule has 16 heavy (non-hydrogen) atoms. The van der Waals surface area contributed by atoms with Gasteiger partial charge in [-0.3, -0.25) is 0 Å². The molecule has 0 saturated heterocycles. The normalized spacial score (nSPS) is 12.0. The molecule has 0 bridgehead atoms. The molecule has 0 N–H and O–H groups in total. The van der Waals surface area contributed by atoms with Crippen molar-refractivity contribution in [3.05, 3.63) is 42.0 Å². The molecule has 0 amide bonds. The van der Waals surface area contributed by atoms with Gasteiger partial charge in [0.15, 0.2) is 0 Å². The fourth-order valence-electron chi connectivity index (χ4n) is 1.48. The summed E-state index contributed by atoms with van der Waals surface area (Å²) in [6.07, 6.45) is 6.74. The first-order chi connectivity index (χ1) is 7.51. The molecule has 0 radical (unpaired) electrons. The van der Waals surface area contributed by atoms with Crippen molar-refractivity contribution in [3.8, 4) is 5.75 Å². The number of aryl methyl sites for hydroxylation is 1. The van der Waals surface area contributed by atoms with Crippen molar-refractivity contribution in [2.45, 2.75) is 33.6 Å². The molecule has 0 spiro atoms. The predicted molar refractivity (Wildman–Crippen MR) is 69.9 cm³/mol. The van der Waals surface area contributed by atoms with E-state index < -0.39 is 0 Å². The molecule has 1 nitrogen and oxygen atoms in total. The Balaban J connectivity index is 2.40. The highest BCUT2D eigenvalue weighted by Gasteiger charge is 2.02. The number of ether oxygens (including phenoxy) is 1. The van der Waals surface area contributed by atoms with Crippen LogP contribution in [0.3, 0.4) is 0 Å². The molecular formula is C15H22O. The van der Waals surface area contributed by atoms with Gasteiger partial charge >= 0.3 is 0 Å². The lowest BCUT2D eigenvalue weighted by atomic mass is 9.95. The van der Waals surface area contributed by atoms with Crippen molar-refractivity contribution in [2.75, 3.05) is 7.11 Å². The zero-order chi connectivity index (χ0) is 12.0. The number of methoxy groups -OCH3 is 1. The number of rotatable bonds is 4. The molecule has 0 aliphatic heterocycles. The number of benzene rings is 1. The molecule has 1 aromatic carbocycles. The van der Waals surface area contributed by atoms with Crippen molar-refractivity contribution in [1.29, 1.82) is 0 Å². The average Bonchev–Trinajstić information content (AvgIpc) is 2.24. The minimum absolute atomic E-state index is 0.292. The van der Waals surface area contributed by atoms with Gasteiger partial charge in [-0.2, -0.15) is 0 Å². The van der Waals surface area contributed by atoms with Crippen LogP contribution in [0.25, 0.3) is 0 Å². The number of hydrogen-bond acceptors (Lipinski definition) is 1. The SMILES string of the molecule is COc1ccc(CC/C=C/C(C)(C)C)cc1. The van der Waals surface area contributed by atoms with Gasteiger partial charge in [0, 0.05) is 0 Å². The zero-order valence-electron chi connectivity index (χ0n) is 10.8. The first-order valence-electron chi connectivity index (χ1n) is 5.82. The Hall–Kier alpha value is -1.24. The van der Waals surface area contributed by atoms with E-state index in [1.807, 2.05) is 12.1 Å². The van der Waals surface area contributed by atoms with Gasteiger partial charge in [-0.05, 0) is 36.0 Å². The second-order valence-electron chi connectivity index (χ2n) is 5.16. The maximum Gasteiger partial charge on any atom is 0.118 e. The molecule has 0 aliphatic carbocycles. The van der Waals surface area contributed by atoms with E-state index in [1.54, 1.807) is 7.11 Å². The van der Waals surface area contributed by atoms with E-state index in [9.17, 15) is 0 Å². The Morgan fingerprint density at radius 2 is 1.75 bits per heavy atom. The van der Waals surface area contributed by atoms with Gasteiger partial charge in [0.1, 0.15) is 5.75 Å². The van der Waals surface area contributed by atoms with E-state index in [1.165, 1.54) is 5.56 Å². The minimum Gasteiger partial charge on any atom is -0.497 e. The van der Waals surface area contributed by atoms with Gasteiger partial charge in [-0.1, -0.05) is 45.1 Å². The van der Waals surface area contributed by atoms with Crippen molar-refractivity contribution < 1.29 is 4.74 Å². The Morgan fingerprint density at radius 3 is 2.25 bits per heavy atom. The van der Waals surface area contributed by atoms with Crippen LogP contribution in [0.1, 0.15) is 32.8 Å². The van der Waals surface area contributed by atoms with Crippen molar-refractivity contribution in [1.82, 2.24) is 0 Å². The first-order valence-corrected chi connectivity index (χ1v) is 5.82. The number of hydrogen-bond donors (Lipinski definition) is 0. The molecule has 0 heterocycles. The van der Waals surface area contributed by atoms with Gasteiger partial charge in [0.05, 0.1) is 7.11 Å². The molecule has 88 valence electrons. The molecule has 1 heteroatoms. The standard InChI is InChI=1S/C15H22O/c1-15(2,3)12-6-5-7-13-8-10-14(16-4)11-9-13/h6,8-12H,5,7H2,1-4H3/b12-6+. The molecular weight excluding hydrogens is 196 g/mol. The Kier molecular flexibility index (Phi) is 4.60. The third-order valence-corrected chi connectivity index (χ3v) is 2.38. The van der Waals surface area contributed by atoms with Crippen LogP contribution in [0, 0.1) is 5.41 Å². The lowest BCUT2D eigenvalue weighted by Crippen LogP contribution is -1.98. The van der Waals surface area contributed by atoms with Gasteiger partial charge in [0.2, 0.25) is 0 Å². The minimum atomic E-state index is 0.292. The second-order valence-corrected chi connectivity index (χ2v) is 5.16. The van der Waals surface area contributed by atoms with Gasteiger partial charge in [0.25, 0.3) is 0 Å². The van der Waals surface area contributed by atoms with E-state index in [2.05, 4.69) is 45.1 Å². The predicted octanol–water partition coefficient (Wildman–Crippen LogP) is 4.23. The van der Waals surface area contributed by atoms with Crippen LogP contribution in [0.4, 0.5) is 0 Å². The highest BCUT2D eigenvalue weighted by Crippen LogP contribution is 2.16. The highest BCUT2D eigenvalue weighted by atomic mass is 16.5. The average molecular weight is 218 g/mol. The van der Waals surface area contributed by atoms with Gasteiger partial charge < -0.3 is 4.74 Å². The van der Waals surface area contributed by atoms with Crippen LogP contribution in [0.2, 0.25) is 0 Å². The summed E-state index contributed by atoms with van der Waals surface area (Å²) >= 11 is 0. The van der Waals surface area contributed by atoms with Crippen LogP contribution >= 0.6 is 0 Å². The second kappa shape index (κ2) is 5.74. The smallest absolute Gasteiger partial charge is 0.118 e. The van der Waals surface area contributed by atoms with Gasteiger partial charge in [-0.25, -0.2) is 0 Å². The van der Waals surface area contributed by atoms with Gasteiger partial charge in [-0.15, -0.1) is 0 Å². The van der Waals surface area contributed by atoms with Crippen LogP contribution in [-0.2, 0) is 6.42 Å². The lowest BCUT2D eigenvalue weighted by Gasteiger charge is -2.10. The van der Waals surface area contributed by atoms with E-state index >= 15 is 0 Å². The fraction of sp³-hybridized carbons (Fsp3) is 0.467. The highest BCUT2D eigenvalue weighted by molar-refractivity contribution is 5.27. The fourth-order valence-corrected chi connectivity index (χ4v) is 1.48. The number of allylic oxidation sites excluding steroid dienone is 2. The van der Waals surface area contributed by atoms with E-state index in [-0.39, 0.29) is 0 Å². The molecule has 0 saturated carbocycles. The molecule has 0 atom stereocenters. The summed E-state index contributed by atoms with van der Waals surface area (Å²) in [4.78, 5) is 0.